The molecule has 3 aromatic rings. The fourth-order valence-corrected chi connectivity index (χ4v) is 4.00. The van der Waals surface area contributed by atoms with E-state index < -0.39 is 5.63 Å². The number of benzene rings is 2. The van der Waals surface area contributed by atoms with Crippen LogP contribution >= 0.6 is 0 Å². The average Bonchev–Trinajstić information content (AvgIpc) is 2.78. The molecule has 2 heterocycles. The number of carbonyl (C=O) groups is 1. The van der Waals surface area contributed by atoms with E-state index in [1.54, 1.807) is 17.0 Å². The first-order chi connectivity index (χ1) is 15.0. The molecule has 0 bridgehead atoms. The van der Waals surface area contributed by atoms with E-state index in [-0.39, 0.29) is 12.5 Å². The maximum absolute atomic E-state index is 12.6. The first kappa shape index (κ1) is 20.9. The van der Waals surface area contributed by atoms with Crippen LogP contribution in [-0.2, 0) is 4.79 Å². The number of para-hydroxylation sites is 2. The highest BCUT2D eigenvalue weighted by Gasteiger charge is 2.21. The van der Waals surface area contributed by atoms with Crippen LogP contribution in [0.1, 0.15) is 12.5 Å². The van der Waals surface area contributed by atoms with Crippen LogP contribution in [0.2, 0.25) is 0 Å². The fourth-order valence-electron chi connectivity index (χ4n) is 4.00. The van der Waals surface area contributed by atoms with E-state index in [4.69, 9.17) is 9.15 Å². The van der Waals surface area contributed by atoms with Crippen molar-refractivity contribution in [3.05, 3.63) is 64.5 Å². The lowest BCUT2D eigenvalue weighted by atomic mass is 10.1. The summed E-state index contributed by atoms with van der Waals surface area (Å²) in [5, 5.41) is 3.82. The standard InChI is InChI=1S/C24H27N3O4/c1-3-26-10-12-27(13-11-26)21-7-5-4-6-20(21)25-23(28)16-30-18-8-9-19-17(2)14-24(29)31-22(19)15-18/h4-9,14-15H,3,10-13,16H2,1-2H3,(H,25,28)/p+1. The van der Waals surface area contributed by atoms with E-state index in [9.17, 15) is 9.59 Å². The SMILES string of the molecule is CC[NH+]1CCN(c2ccccc2NC(=O)COc2ccc3c(C)cc(=O)oc3c2)CC1. The number of anilines is 2. The molecule has 4 rings (SSSR count). The maximum Gasteiger partial charge on any atom is 0.336 e. The number of aryl methyl sites for hydroxylation is 1. The number of quaternary nitrogens is 1. The Balaban J connectivity index is 1.41. The van der Waals surface area contributed by atoms with E-state index in [1.165, 1.54) is 6.07 Å². The van der Waals surface area contributed by atoms with Crippen molar-refractivity contribution in [3.8, 4) is 5.75 Å². The van der Waals surface area contributed by atoms with Crippen LogP contribution in [0.5, 0.6) is 5.75 Å². The van der Waals surface area contributed by atoms with Gasteiger partial charge in [0.1, 0.15) is 11.3 Å². The molecule has 162 valence electrons. The van der Waals surface area contributed by atoms with Crippen molar-refractivity contribution in [3.63, 3.8) is 0 Å². The van der Waals surface area contributed by atoms with E-state index in [0.717, 1.165) is 55.0 Å². The highest BCUT2D eigenvalue weighted by Crippen LogP contribution is 2.26. The molecule has 1 aromatic heterocycles. The van der Waals surface area contributed by atoms with E-state index in [1.807, 2.05) is 37.3 Å². The number of carbonyl (C=O) groups excluding carboxylic acids is 1. The normalized spacial score (nSPS) is 14.6. The van der Waals surface area contributed by atoms with Gasteiger partial charge in [-0.2, -0.15) is 0 Å². The minimum atomic E-state index is -0.405. The number of nitrogens with one attached hydrogen (secondary N) is 2. The second-order valence-corrected chi connectivity index (χ2v) is 7.85. The Bertz CT molecular complexity index is 1130. The molecule has 1 saturated heterocycles. The van der Waals surface area contributed by atoms with Gasteiger partial charge < -0.3 is 24.3 Å². The summed E-state index contributed by atoms with van der Waals surface area (Å²) in [6.07, 6.45) is 0. The third-order valence-electron chi connectivity index (χ3n) is 5.78. The van der Waals surface area contributed by atoms with Crippen LogP contribution in [0.25, 0.3) is 11.0 Å². The van der Waals surface area contributed by atoms with Crippen molar-refractivity contribution in [1.29, 1.82) is 0 Å². The highest BCUT2D eigenvalue weighted by atomic mass is 16.5. The smallest absolute Gasteiger partial charge is 0.336 e. The van der Waals surface area contributed by atoms with Gasteiger partial charge in [-0.25, -0.2) is 4.79 Å². The molecule has 0 atom stereocenters. The van der Waals surface area contributed by atoms with Crippen molar-refractivity contribution in [2.45, 2.75) is 13.8 Å². The number of likely N-dealkylation sites (N-methyl/N-ethyl adjacent to an activating group) is 1. The number of rotatable bonds is 6. The third kappa shape index (κ3) is 4.88. The lowest BCUT2D eigenvalue weighted by Crippen LogP contribution is -3.14. The van der Waals surface area contributed by atoms with E-state index in [0.29, 0.717) is 11.3 Å². The van der Waals surface area contributed by atoms with Gasteiger partial charge in [0.2, 0.25) is 0 Å². The monoisotopic (exact) mass is 422 g/mol. The van der Waals surface area contributed by atoms with Crippen molar-refractivity contribution >= 4 is 28.3 Å². The Labute approximate surface area is 181 Å². The van der Waals surface area contributed by atoms with Gasteiger partial charge in [0.25, 0.3) is 5.91 Å². The molecule has 0 spiro atoms. The highest BCUT2D eigenvalue weighted by molar-refractivity contribution is 5.95. The molecule has 1 fully saturated rings. The summed E-state index contributed by atoms with van der Waals surface area (Å²) in [5.74, 6) is 0.236. The number of piperazine rings is 1. The molecular weight excluding hydrogens is 394 g/mol. The lowest BCUT2D eigenvalue weighted by molar-refractivity contribution is -0.898. The quantitative estimate of drug-likeness (QED) is 0.593. The first-order valence-electron chi connectivity index (χ1n) is 10.7. The first-order valence-corrected chi connectivity index (χ1v) is 10.7. The molecule has 2 aromatic carbocycles. The molecule has 31 heavy (non-hydrogen) atoms. The van der Waals surface area contributed by atoms with Gasteiger partial charge >= 0.3 is 5.63 Å². The van der Waals surface area contributed by atoms with Crippen LogP contribution < -0.4 is 25.5 Å². The molecule has 1 aliphatic rings. The Kier molecular flexibility index (Phi) is 6.23. The Morgan fingerprint density at radius 2 is 1.94 bits per heavy atom. The number of ether oxygens (including phenoxy) is 1. The zero-order valence-electron chi connectivity index (χ0n) is 17.9. The molecule has 1 aliphatic heterocycles. The Hall–Kier alpha value is -3.32. The van der Waals surface area contributed by atoms with Gasteiger partial charge in [0, 0.05) is 17.5 Å². The van der Waals surface area contributed by atoms with Gasteiger partial charge in [-0.15, -0.1) is 0 Å². The Morgan fingerprint density at radius 1 is 1.16 bits per heavy atom. The predicted octanol–water partition coefficient (Wildman–Crippen LogP) is 1.84. The summed E-state index contributed by atoms with van der Waals surface area (Å²) in [4.78, 5) is 28.1. The summed E-state index contributed by atoms with van der Waals surface area (Å²) in [6, 6.07) is 14.6. The lowest BCUT2D eigenvalue weighted by Gasteiger charge is -2.34. The van der Waals surface area contributed by atoms with Crippen molar-refractivity contribution in [1.82, 2.24) is 0 Å². The molecule has 7 heteroatoms. The second-order valence-electron chi connectivity index (χ2n) is 7.85. The van der Waals surface area contributed by atoms with Gasteiger partial charge in [-0.05, 0) is 43.7 Å². The molecule has 1 amide bonds. The van der Waals surface area contributed by atoms with Crippen LogP contribution in [0.15, 0.2) is 57.7 Å². The van der Waals surface area contributed by atoms with Crippen LogP contribution in [-0.4, -0.2) is 45.2 Å². The zero-order valence-corrected chi connectivity index (χ0v) is 17.9. The van der Waals surface area contributed by atoms with E-state index in [2.05, 4.69) is 17.1 Å². The fraction of sp³-hybridized carbons (Fsp3) is 0.333. The van der Waals surface area contributed by atoms with Crippen molar-refractivity contribution in [2.24, 2.45) is 0 Å². The number of amides is 1. The molecule has 7 nitrogen and oxygen atoms in total. The average molecular weight is 423 g/mol. The number of hydrogen-bond acceptors (Lipinski definition) is 5. The summed E-state index contributed by atoms with van der Waals surface area (Å²) in [5.41, 5.74) is 2.71. The molecular formula is C24H28N3O4+. The number of nitrogens with zero attached hydrogens (tertiary/aromatic N) is 1. The Morgan fingerprint density at radius 3 is 2.71 bits per heavy atom. The minimum absolute atomic E-state index is 0.135. The summed E-state index contributed by atoms with van der Waals surface area (Å²) in [6.45, 7) is 9.20. The predicted molar refractivity (Wildman–Crippen MR) is 121 cm³/mol. The van der Waals surface area contributed by atoms with Crippen LogP contribution in [0.4, 0.5) is 11.4 Å². The maximum atomic E-state index is 12.6. The summed E-state index contributed by atoms with van der Waals surface area (Å²) >= 11 is 0. The molecule has 2 N–H and O–H groups in total. The van der Waals surface area contributed by atoms with Gasteiger partial charge in [0.15, 0.2) is 6.61 Å². The van der Waals surface area contributed by atoms with Gasteiger partial charge in [-0.1, -0.05) is 12.1 Å². The molecule has 0 radical (unpaired) electrons. The summed E-state index contributed by atoms with van der Waals surface area (Å²) < 4.78 is 10.9. The van der Waals surface area contributed by atoms with Gasteiger partial charge in [0.05, 0.1) is 44.1 Å². The van der Waals surface area contributed by atoms with Crippen LogP contribution in [0.3, 0.4) is 0 Å². The number of fused-ring (bicyclic) bond motifs is 1. The topological polar surface area (TPSA) is 76.2 Å². The molecule has 0 unspecified atom stereocenters. The number of hydrogen-bond donors (Lipinski definition) is 2. The zero-order chi connectivity index (χ0) is 21.8. The second kappa shape index (κ2) is 9.22. The van der Waals surface area contributed by atoms with Crippen molar-refractivity contribution in [2.75, 3.05) is 49.5 Å². The third-order valence-corrected chi connectivity index (χ3v) is 5.78. The molecule has 0 aliphatic carbocycles. The van der Waals surface area contributed by atoms with Crippen LogP contribution in [0, 0.1) is 6.92 Å². The largest absolute Gasteiger partial charge is 0.484 e. The van der Waals surface area contributed by atoms with Crippen molar-refractivity contribution < 1.29 is 18.8 Å². The van der Waals surface area contributed by atoms with Gasteiger partial charge in [-0.3, -0.25) is 4.79 Å². The summed E-state index contributed by atoms with van der Waals surface area (Å²) in [7, 11) is 0. The molecule has 0 saturated carbocycles. The van der Waals surface area contributed by atoms with E-state index >= 15 is 0 Å². The minimum Gasteiger partial charge on any atom is -0.484 e.